The number of thiazole rings is 1. The predicted octanol–water partition coefficient (Wildman–Crippen LogP) is 2.84. The molecular formula is C21H20N2O5S. The predicted molar refractivity (Wildman–Crippen MR) is 112 cm³/mol. The summed E-state index contributed by atoms with van der Waals surface area (Å²) in [7, 11) is 1.61. The normalized spacial score (nSPS) is 13.1. The van der Waals surface area contributed by atoms with E-state index in [0.29, 0.717) is 26.3 Å². The van der Waals surface area contributed by atoms with Crippen molar-refractivity contribution in [3.8, 4) is 11.3 Å². The average molecular weight is 412 g/mol. The first kappa shape index (κ1) is 20.5. The molecule has 1 aromatic carbocycles. The van der Waals surface area contributed by atoms with E-state index in [1.54, 1.807) is 43.5 Å². The zero-order valence-corrected chi connectivity index (χ0v) is 17.3. The van der Waals surface area contributed by atoms with Crippen molar-refractivity contribution in [1.82, 2.24) is 4.57 Å². The van der Waals surface area contributed by atoms with E-state index in [1.807, 2.05) is 20.8 Å². The minimum absolute atomic E-state index is 0.0574. The summed E-state index contributed by atoms with van der Waals surface area (Å²) in [4.78, 5) is 35.5. The van der Waals surface area contributed by atoms with Gasteiger partial charge in [0.2, 0.25) is 0 Å². The monoisotopic (exact) mass is 412 g/mol. The highest BCUT2D eigenvalue weighted by Gasteiger charge is 2.19. The van der Waals surface area contributed by atoms with Crippen LogP contribution in [0, 0.1) is 15.5 Å². The zero-order valence-electron chi connectivity index (χ0n) is 16.5. The van der Waals surface area contributed by atoms with Gasteiger partial charge in [0.05, 0.1) is 15.0 Å². The quantitative estimate of drug-likeness (QED) is 0.485. The molecule has 2 aromatic heterocycles. The average Bonchev–Trinajstić information content (AvgIpc) is 3.22. The highest BCUT2D eigenvalue weighted by Crippen LogP contribution is 2.30. The van der Waals surface area contributed by atoms with Gasteiger partial charge in [-0.25, -0.2) is 0 Å². The van der Waals surface area contributed by atoms with Crippen molar-refractivity contribution in [2.24, 2.45) is 12.5 Å². The zero-order chi connectivity index (χ0) is 21.3. The Morgan fingerprint density at radius 2 is 1.90 bits per heavy atom. The molecule has 0 N–H and O–H groups in total. The number of para-hydroxylation sites is 1. The van der Waals surface area contributed by atoms with Crippen molar-refractivity contribution in [2.45, 2.75) is 20.8 Å². The Bertz CT molecular complexity index is 1270. The SMILES string of the molecule is Cn1c(=O)/c(=C\c2ccc(-c3ccccc3[N+](=O)[O-])o2)s/c1=C/C(=O)C(C)(C)C. The summed E-state index contributed by atoms with van der Waals surface area (Å²) in [6.45, 7) is 5.45. The molecule has 29 heavy (non-hydrogen) atoms. The third-order valence-corrected chi connectivity index (χ3v) is 5.43. The number of ketones is 1. The Morgan fingerprint density at radius 3 is 2.55 bits per heavy atom. The molecule has 0 saturated carbocycles. The number of rotatable bonds is 4. The number of carbonyl (C=O) groups is 1. The third kappa shape index (κ3) is 4.27. The maximum atomic E-state index is 12.5. The molecule has 0 aliphatic heterocycles. The molecule has 0 amide bonds. The van der Waals surface area contributed by atoms with Crippen LogP contribution in [0.1, 0.15) is 26.5 Å². The second kappa shape index (κ2) is 7.63. The van der Waals surface area contributed by atoms with E-state index in [4.69, 9.17) is 4.42 Å². The van der Waals surface area contributed by atoms with Crippen LogP contribution in [0.5, 0.6) is 0 Å². The van der Waals surface area contributed by atoms with Gasteiger partial charge >= 0.3 is 0 Å². The summed E-state index contributed by atoms with van der Waals surface area (Å²) < 4.78 is 8.10. The van der Waals surface area contributed by atoms with Gasteiger partial charge in [0.1, 0.15) is 16.2 Å². The first-order valence-electron chi connectivity index (χ1n) is 8.85. The molecule has 0 radical (unpaired) electrons. The fraction of sp³-hybridized carbons (Fsp3) is 0.238. The van der Waals surface area contributed by atoms with Crippen LogP contribution in [0.25, 0.3) is 23.5 Å². The van der Waals surface area contributed by atoms with Crippen LogP contribution in [0.3, 0.4) is 0 Å². The van der Waals surface area contributed by atoms with Crippen LogP contribution < -0.4 is 14.8 Å². The second-order valence-electron chi connectivity index (χ2n) is 7.55. The molecule has 8 heteroatoms. The van der Waals surface area contributed by atoms with E-state index in [9.17, 15) is 19.7 Å². The van der Waals surface area contributed by atoms with Gasteiger partial charge in [0.25, 0.3) is 11.2 Å². The van der Waals surface area contributed by atoms with Crippen molar-refractivity contribution in [1.29, 1.82) is 0 Å². The van der Waals surface area contributed by atoms with Gasteiger partial charge in [-0.05, 0) is 18.2 Å². The van der Waals surface area contributed by atoms with Gasteiger partial charge in [-0.2, -0.15) is 0 Å². The summed E-state index contributed by atoms with van der Waals surface area (Å²) in [6.07, 6.45) is 3.05. The topological polar surface area (TPSA) is 95.3 Å². The molecule has 0 aliphatic rings. The fourth-order valence-electron chi connectivity index (χ4n) is 2.58. The largest absolute Gasteiger partial charge is 0.456 e. The summed E-state index contributed by atoms with van der Waals surface area (Å²) in [5.74, 6) is 0.662. The fourth-order valence-corrected chi connectivity index (χ4v) is 3.59. The minimum Gasteiger partial charge on any atom is -0.456 e. The smallest absolute Gasteiger partial charge is 0.280 e. The molecule has 0 unspecified atom stereocenters. The molecular weight excluding hydrogens is 392 g/mol. The van der Waals surface area contributed by atoms with E-state index < -0.39 is 10.3 Å². The van der Waals surface area contributed by atoms with Gasteiger partial charge in [-0.1, -0.05) is 32.9 Å². The number of aromatic nitrogens is 1. The number of carbonyl (C=O) groups excluding carboxylic acids is 1. The molecule has 2 heterocycles. The van der Waals surface area contributed by atoms with Crippen LogP contribution in [0.15, 0.2) is 45.6 Å². The van der Waals surface area contributed by atoms with Crippen LogP contribution in [0.4, 0.5) is 5.69 Å². The number of hydrogen-bond acceptors (Lipinski definition) is 6. The Hall–Kier alpha value is -3.26. The van der Waals surface area contributed by atoms with Crippen LogP contribution in [-0.2, 0) is 11.8 Å². The van der Waals surface area contributed by atoms with E-state index in [-0.39, 0.29) is 17.0 Å². The number of benzene rings is 1. The lowest BCUT2D eigenvalue weighted by Gasteiger charge is -2.12. The molecule has 0 atom stereocenters. The standard InChI is InChI=1S/C21H20N2O5S/c1-21(2,3)18(24)12-19-22(4)20(25)17(29-19)11-13-9-10-16(28-13)14-7-5-6-8-15(14)23(26)27/h5-12H,1-4H3/b17-11+,19-12+. The van der Waals surface area contributed by atoms with Gasteiger partial charge in [0, 0.05) is 30.7 Å². The molecule has 0 bridgehead atoms. The van der Waals surface area contributed by atoms with Crippen LogP contribution in [0.2, 0.25) is 0 Å². The number of nitro benzene ring substituents is 1. The highest BCUT2D eigenvalue weighted by molar-refractivity contribution is 7.07. The van der Waals surface area contributed by atoms with E-state index in [0.717, 1.165) is 0 Å². The number of nitrogens with zero attached hydrogens (tertiary/aromatic N) is 2. The molecule has 0 saturated heterocycles. The lowest BCUT2D eigenvalue weighted by molar-refractivity contribution is -0.384. The Morgan fingerprint density at radius 1 is 1.21 bits per heavy atom. The number of Topliss-reactive ketones (excluding diaryl/α,β-unsaturated/α-hetero) is 1. The van der Waals surface area contributed by atoms with Gasteiger partial charge in [-0.3, -0.25) is 19.7 Å². The Balaban J connectivity index is 2.05. The summed E-state index contributed by atoms with van der Waals surface area (Å²) >= 11 is 1.19. The van der Waals surface area contributed by atoms with Crippen LogP contribution in [-0.4, -0.2) is 15.3 Å². The van der Waals surface area contributed by atoms with Crippen LogP contribution >= 0.6 is 11.3 Å². The highest BCUT2D eigenvalue weighted by atomic mass is 32.1. The second-order valence-corrected chi connectivity index (χ2v) is 8.61. The maximum absolute atomic E-state index is 12.5. The van der Waals surface area contributed by atoms with Crippen molar-refractivity contribution < 1.29 is 14.1 Å². The summed E-state index contributed by atoms with van der Waals surface area (Å²) in [6, 6.07) is 9.57. The molecule has 150 valence electrons. The van der Waals surface area contributed by atoms with Gasteiger partial charge in [0.15, 0.2) is 5.78 Å². The number of nitro groups is 1. The molecule has 3 aromatic rings. The van der Waals surface area contributed by atoms with Crippen molar-refractivity contribution >= 4 is 35.0 Å². The lowest BCUT2D eigenvalue weighted by atomic mass is 9.91. The minimum atomic E-state index is -0.537. The Kier molecular flexibility index (Phi) is 5.39. The third-order valence-electron chi connectivity index (χ3n) is 4.32. The van der Waals surface area contributed by atoms with Gasteiger partial charge in [-0.15, -0.1) is 11.3 Å². The molecule has 7 nitrogen and oxygen atoms in total. The first-order valence-corrected chi connectivity index (χ1v) is 9.67. The van der Waals surface area contributed by atoms with E-state index in [2.05, 4.69) is 0 Å². The van der Waals surface area contributed by atoms with Crippen molar-refractivity contribution in [2.75, 3.05) is 0 Å². The van der Waals surface area contributed by atoms with Gasteiger partial charge < -0.3 is 8.98 Å². The van der Waals surface area contributed by atoms with Crippen molar-refractivity contribution in [3.05, 3.63) is 71.8 Å². The molecule has 0 fully saturated rings. The number of furan rings is 1. The summed E-state index contributed by atoms with van der Waals surface area (Å²) in [5, 5.41) is 11.2. The van der Waals surface area contributed by atoms with Crippen molar-refractivity contribution in [3.63, 3.8) is 0 Å². The Labute approximate surface area is 170 Å². The number of hydrogen-bond donors (Lipinski definition) is 0. The first-order chi connectivity index (χ1) is 13.6. The molecule has 3 rings (SSSR count). The summed E-state index contributed by atoms with van der Waals surface area (Å²) in [5.41, 5.74) is -0.477. The van der Waals surface area contributed by atoms with E-state index >= 15 is 0 Å². The van der Waals surface area contributed by atoms with E-state index in [1.165, 1.54) is 28.0 Å². The maximum Gasteiger partial charge on any atom is 0.280 e. The lowest BCUT2D eigenvalue weighted by Crippen LogP contribution is -2.29. The molecule has 0 spiro atoms. The molecule has 0 aliphatic carbocycles.